The van der Waals surface area contributed by atoms with E-state index >= 15 is 0 Å². The molecule has 28 heavy (non-hydrogen) atoms. The number of ether oxygens (including phenoxy) is 1. The molecule has 2 unspecified atom stereocenters. The van der Waals surface area contributed by atoms with Gasteiger partial charge in [0.05, 0.1) is 0 Å². The molecule has 0 saturated heterocycles. The lowest BCUT2D eigenvalue weighted by molar-refractivity contribution is -0.240. The number of fused-ring (bicyclic) bond motifs is 1. The number of hydrogen-bond acceptors (Lipinski definition) is 3. The van der Waals surface area contributed by atoms with E-state index in [9.17, 15) is 13.2 Å². The van der Waals surface area contributed by atoms with Crippen molar-refractivity contribution in [2.45, 2.75) is 32.0 Å². The maximum absolute atomic E-state index is 13.9. The third-order valence-electron chi connectivity index (χ3n) is 4.46. The summed E-state index contributed by atoms with van der Waals surface area (Å²) in [6, 6.07) is 14.9. The van der Waals surface area contributed by atoms with Crippen LogP contribution in [0.3, 0.4) is 0 Å². The molecule has 1 aliphatic heterocycles. The summed E-state index contributed by atoms with van der Waals surface area (Å²) in [6.45, 7) is 2.16. The highest BCUT2D eigenvalue weighted by molar-refractivity contribution is 8.28. The van der Waals surface area contributed by atoms with E-state index in [0.717, 1.165) is 16.7 Å². The molecule has 3 nitrogen and oxygen atoms in total. The zero-order valence-corrected chi connectivity index (χ0v) is 17.3. The molecule has 0 fully saturated rings. The Kier molecular flexibility index (Phi) is 5.98. The lowest BCUT2D eigenvalue weighted by atomic mass is 10.1. The summed E-state index contributed by atoms with van der Waals surface area (Å²) >= 11 is 0. The van der Waals surface area contributed by atoms with E-state index in [0.29, 0.717) is 5.75 Å². The minimum atomic E-state index is -4.50. The minimum absolute atomic E-state index is 0.0808. The zero-order valence-electron chi connectivity index (χ0n) is 16.5. The van der Waals surface area contributed by atoms with Gasteiger partial charge in [0.1, 0.15) is 11.9 Å². The van der Waals surface area contributed by atoms with Crippen LogP contribution in [0.25, 0.3) is 0 Å². The predicted molar refractivity (Wildman–Crippen MR) is 108 cm³/mol. The van der Waals surface area contributed by atoms with E-state index in [4.69, 9.17) is 8.92 Å². The second-order valence-electron chi connectivity index (χ2n) is 7.77. The van der Waals surface area contributed by atoms with Crippen molar-refractivity contribution in [3.05, 3.63) is 65.2 Å². The molecular formula is C21H26F3NO2S. The van der Waals surface area contributed by atoms with Crippen molar-refractivity contribution in [3.63, 3.8) is 0 Å². The lowest BCUT2D eigenvalue weighted by Crippen LogP contribution is -2.48. The van der Waals surface area contributed by atoms with Gasteiger partial charge in [-0.15, -0.1) is 10.3 Å². The Hall–Kier alpha value is -1.70. The van der Waals surface area contributed by atoms with Crippen LogP contribution >= 0.6 is 10.3 Å². The highest BCUT2D eigenvalue weighted by atomic mass is 32.3. The number of para-hydroxylation sites is 1. The molecule has 0 radical (unpaired) electrons. The molecule has 3 rings (SSSR count). The monoisotopic (exact) mass is 413 g/mol. The molecule has 2 atom stereocenters. The molecule has 0 amide bonds. The molecule has 2 aromatic carbocycles. The van der Waals surface area contributed by atoms with E-state index in [2.05, 4.69) is 0 Å². The topological polar surface area (TPSA) is 21.7 Å². The summed E-state index contributed by atoms with van der Waals surface area (Å²) in [4.78, 5) is 1.34. The van der Waals surface area contributed by atoms with Crippen LogP contribution in [-0.4, -0.2) is 42.6 Å². The Labute approximate surface area is 166 Å². The smallest absolute Gasteiger partial charge is 0.429 e. The molecule has 0 saturated carbocycles. The summed E-state index contributed by atoms with van der Waals surface area (Å²) < 4.78 is 53.5. The SMILES string of the molecule is Cc1ccc(C2CN(C(OS(C)(C)C)C(F)(F)F)Cc3ccccc3O2)cc1. The number of rotatable bonds is 4. The van der Waals surface area contributed by atoms with Gasteiger partial charge in [-0.3, -0.25) is 4.90 Å². The van der Waals surface area contributed by atoms with Crippen molar-refractivity contribution >= 4 is 10.3 Å². The third kappa shape index (κ3) is 5.21. The maximum atomic E-state index is 13.9. The van der Waals surface area contributed by atoms with Gasteiger partial charge in [0, 0.05) is 18.7 Å². The molecule has 0 N–H and O–H groups in total. The van der Waals surface area contributed by atoms with Crippen molar-refractivity contribution in [3.8, 4) is 5.75 Å². The maximum Gasteiger partial charge on any atom is 0.429 e. The highest BCUT2D eigenvalue weighted by Crippen LogP contribution is 2.44. The van der Waals surface area contributed by atoms with Crippen LogP contribution < -0.4 is 4.74 Å². The van der Waals surface area contributed by atoms with E-state index < -0.39 is 28.8 Å². The summed E-state index contributed by atoms with van der Waals surface area (Å²) in [5.41, 5.74) is 2.65. The van der Waals surface area contributed by atoms with Gasteiger partial charge in [-0.1, -0.05) is 48.0 Å². The molecule has 1 heterocycles. The molecule has 1 aliphatic rings. The highest BCUT2D eigenvalue weighted by Gasteiger charge is 2.48. The van der Waals surface area contributed by atoms with E-state index in [-0.39, 0.29) is 13.1 Å². The predicted octanol–water partition coefficient (Wildman–Crippen LogP) is 5.44. The fraction of sp³-hybridized carbons (Fsp3) is 0.429. The molecular weight excluding hydrogens is 387 g/mol. The first kappa shape index (κ1) is 21.0. The summed E-state index contributed by atoms with van der Waals surface area (Å²) in [5.74, 6) is 0.611. The van der Waals surface area contributed by atoms with Crippen LogP contribution in [0.2, 0.25) is 0 Å². The quantitative estimate of drug-likeness (QED) is 0.666. The largest absolute Gasteiger partial charge is 0.484 e. The van der Waals surface area contributed by atoms with Gasteiger partial charge in [-0.25, -0.2) is 0 Å². The van der Waals surface area contributed by atoms with Gasteiger partial charge in [0.25, 0.3) is 0 Å². The van der Waals surface area contributed by atoms with Crippen LogP contribution in [0.5, 0.6) is 5.75 Å². The molecule has 7 heteroatoms. The first-order valence-corrected chi connectivity index (χ1v) is 11.8. The van der Waals surface area contributed by atoms with Crippen molar-refractivity contribution < 1.29 is 22.1 Å². The van der Waals surface area contributed by atoms with Gasteiger partial charge >= 0.3 is 6.18 Å². The number of alkyl halides is 3. The normalized spacial score (nSPS) is 20.0. The van der Waals surface area contributed by atoms with Crippen LogP contribution in [-0.2, 0) is 10.7 Å². The van der Waals surface area contributed by atoms with Gasteiger partial charge in [-0.05, 0) is 37.3 Å². The molecule has 2 aromatic rings. The first-order valence-electron chi connectivity index (χ1n) is 9.01. The summed E-state index contributed by atoms with van der Waals surface area (Å²) in [5, 5.41) is 0. The Balaban J connectivity index is 2.00. The number of benzene rings is 2. The molecule has 0 bridgehead atoms. The fourth-order valence-corrected chi connectivity index (χ4v) is 3.94. The Morgan fingerprint density at radius 2 is 1.71 bits per heavy atom. The molecule has 0 aromatic heterocycles. The molecule has 0 spiro atoms. The standard InChI is InChI=1S/C21H26F3NO2S/c1-15-9-11-16(12-10-15)19-14-25(13-17-7-5-6-8-18(17)26-19)20(21(22,23)24)27-28(2,3)4/h5-12,19-20H,13-14H2,1-4H3. The summed E-state index contributed by atoms with van der Waals surface area (Å²) in [7, 11) is -1.84. The van der Waals surface area contributed by atoms with Crippen molar-refractivity contribution in [1.82, 2.24) is 4.90 Å². The summed E-state index contributed by atoms with van der Waals surface area (Å²) in [6.07, 6.45) is -1.86. The first-order chi connectivity index (χ1) is 13.0. The van der Waals surface area contributed by atoms with E-state index in [1.807, 2.05) is 43.3 Å². The number of hydrogen-bond donors (Lipinski definition) is 0. The van der Waals surface area contributed by atoms with Gasteiger partial charge in [0.2, 0.25) is 6.23 Å². The fourth-order valence-electron chi connectivity index (χ4n) is 3.17. The van der Waals surface area contributed by atoms with Crippen LogP contribution in [0.4, 0.5) is 13.2 Å². The van der Waals surface area contributed by atoms with E-state index in [1.54, 1.807) is 30.9 Å². The number of halogens is 3. The van der Waals surface area contributed by atoms with Gasteiger partial charge < -0.3 is 8.92 Å². The number of nitrogens with zero attached hydrogens (tertiary/aromatic N) is 1. The van der Waals surface area contributed by atoms with Crippen molar-refractivity contribution in [2.24, 2.45) is 0 Å². The lowest BCUT2D eigenvalue weighted by Gasteiger charge is -2.38. The van der Waals surface area contributed by atoms with Crippen molar-refractivity contribution in [1.29, 1.82) is 0 Å². The van der Waals surface area contributed by atoms with Gasteiger partial charge in [0.15, 0.2) is 0 Å². The van der Waals surface area contributed by atoms with Crippen LogP contribution in [0.15, 0.2) is 48.5 Å². The second kappa shape index (κ2) is 7.97. The zero-order chi connectivity index (χ0) is 20.5. The Morgan fingerprint density at radius 1 is 1.07 bits per heavy atom. The third-order valence-corrected chi connectivity index (χ3v) is 5.22. The van der Waals surface area contributed by atoms with E-state index in [1.165, 1.54) is 4.90 Å². The minimum Gasteiger partial charge on any atom is -0.484 e. The second-order valence-corrected chi connectivity index (χ2v) is 11.4. The average molecular weight is 414 g/mol. The van der Waals surface area contributed by atoms with Crippen molar-refractivity contribution in [2.75, 3.05) is 25.3 Å². The van der Waals surface area contributed by atoms with Gasteiger partial charge in [-0.2, -0.15) is 13.2 Å². The Morgan fingerprint density at radius 3 is 2.32 bits per heavy atom. The average Bonchev–Trinajstić information content (AvgIpc) is 2.78. The number of aryl methyl sites for hydroxylation is 1. The van der Waals surface area contributed by atoms with Crippen LogP contribution in [0, 0.1) is 6.92 Å². The Bertz CT molecular complexity index is 803. The van der Waals surface area contributed by atoms with Crippen LogP contribution in [0.1, 0.15) is 22.8 Å². The molecule has 0 aliphatic carbocycles. The molecule has 154 valence electrons.